The Morgan fingerprint density at radius 1 is 1.23 bits per heavy atom. The fraction of sp³-hybridized carbons (Fsp3) is 0.333. The topological polar surface area (TPSA) is 88.3 Å². The average Bonchev–Trinajstić information content (AvgIpc) is 3.22. The molecule has 0 saturated heterocycles. The van der Waals surface area contributed by atoms with Crippen molar-refractivity contribution in [3.8, 4) is 0 Å². The maximum absolute atomic E-state index is 12.2. The lowest BCUT2D eigenvalue weighted by Gasteiger charge is -2.15. The van der Waals surface area contributed by atoms with Gasteiger partial charge in [-0.3, -0.25) is 9.13 Å². The number of carbonyl (C=O) groups excluding carboxylic acids is 1. The maximum atomic E-state index is 12.2. The van der Waals surface area contributed by atoms with Crippen molar-refractivity contribution in [1.29, 1.82) is 0 Å². The molecule has 0 radical (unpaired) electrons. The molecule has 0 bridgehead atoms. The largest absolute Gasteiger partial charge is 0.396 e. The van der Waals surface area contributed by atoms with E-state index in [0.29, 0.717) is 12.2 Å². The number of hydrogen-bond donors (Lipinski definition) is 3. The number of aliphatic hydroxyl groups excluding tert-OH is 1. The van der Waals surface area contributed by atoms with Gasteiger partial charge in [0, 0.05) is 38.9 Å². The number of nitrogens with zero attached hydrogens (tertiary/aromatic N) is 2. The molecule has 2 heterocycles. The van der Waals surface area contributed by atoms with Crippen molar-refractivity contribution in [2.45, 2.75) is 6.42 Å². The number of imidazole rings is 1. The fourth-order valence-electron chi connectivity index (χ4n) is 2.94. The number of nitrogens with one attached hydrogen (secondary N) is 2. The monoisotopic (exact) mass is 374 g/mol. The quantitative estimate of drug-likeness (QED) is 0.616. The highest BCUT2D eigenvalue weighted by molar-refractivity contribution is 7.07. The Hall–Kier alpha value is -2.58. The van der Waals surface area contributed by atoms with Crippen molar-refractivity contribution < 1.29 is 9.90 Å². The van der Waals surface area contributed by atoms with E-state index >= 15 is 0 Å². The van der Waals surface area contributed by atoms with E-state index in [0.717, 1.165) is 23.0 Å². The third-order valence-electron chi connectivity index (χ3n) is 4.44. The van der Waals surface area contributed by atoms with Crippen LogP contribution < -0.4 is 16.3 Å². The molecule has 2 amide bonds. The maximum Gasteiger partial charge on any atom is 0.328 e. The zero-order valence-corrected chi connectivity index (χ0v) is 15.5. The number of hydrogen-bond acceptors (Lipinski definition) is 4. The van der Waals surface area contributed by atoms with Crippen LogP contribution in [0.15, 0.2) is 39.8 Å². The lowest BCUT2D eigenvalue weighted by Crippen LogP contribution is -2.34. The molecule has 0 fully saturated rings. The molecule has 1 aromatic carbocycles. The number of aryl methyl sites for hydroxylation is 2. The minimum atomic E-state index is -0.339. The molecule has 26 heavy (non-hydrogen) atoms. The second-order valence-corrected chi connectivity index (χ2v) is 7.10. The van der Waals surface area contributed by atoms with E-state index in [-0.39, 0.29) is 24.2 Å². The van der Waals surface area contributed by atoms with Crippen LogP contribution in [0, 0.1) is 5.92 Å². The number of anilines is 1. The number of thiophene rings is 1. The molecule has 0 aliphatic carbocycles. The summed E-state index contributed by atoms with van der Waals surface area (Å²) in [5, 5.41) is 19.1. The number of urea groups is 1. The van der Waals surface area contributed by atoms with Crippen LogP contribution in [0.3, 0.4) is 0 Å². The molecule has 0 aliphatic heterocycles. The zero-order valence-electron chi connectivity index (χ0n) is 14.7. The number of aromatic nitrogens is 2. The molecule has 8 heteroatoms. The van der Waals surface area contributed by atoms with Crippen molar-refractivity contribution in [3.63, 3.8) is 0 Å². The van der Waals surface area contributed by atoms with E-state index < -0.39 is 0 Å². The molecule has 7 nitrogen and oxygen atoms in total. The Labute approximate surface area is 154 Å². The molecule has 3 aromatic rings. The van der Waals surface area contributed by atoms with Crippen molar-refractivity contribution in [2.24, 2.45) is 20.0 Å². The SMILES string of the molecule is Cn1c(=O)n(C)c2cc(NC(=O)NCC(CO)Cc3ccsc3)ccc21. The Morgan fingerprint density at radius 3 is 2.69 bits per heavy atom. The first kappa shape index (κ1) is 18.2. The third kappa shape index (κ3) is 3.81. The Kier molecular flexibility index (Phi) is 5.43. The number of fused-ring (bicyclic) bond motifs is 1. The predicted molar refractivity (Wildman–Crippen MR) is 104 cm³/mol. The van der Waals surface area contributed by atoms with E-state index in [9.17, 15) is 14.7 Å². The zero-order chi connectivity index (χ0) is 18.7. The lowest BCUT2D eigenvalue weighted by atomic mass is 10.0. The van der Waals surface area contributed by atoms with Gasteiger partial charge in [0.05, 0.1) is 11.0 Å². The minimum absolute atomic E-state index is 0.00815. The molecule has 3 rings (SSSR count). The normalized spacial score (nSPS) is 12.3. The van der Waals surface area contributed by atoms with E-state index in [1.54, 1.807) is 52.8 Å². The van der Waals surface area contributed by atoms with Crippen molar-refractivity contribution >= 4 is 34.1 Å². The summed E-state index contributed by atoms with van der Waals surface area (Å²) in [6.07, 6.45) is 0.721. The highest BCUT2D eigenvalue weighted by atomic mass is 32.1. The summed E-state index contributed by atoms with van der Waals surface area (Å²) in [6.45, 7) is 0.387. The summed E-state index contributed by atoms with van der Waals surface area (Å²) in [6, 6.07) is 7.02. The summed E-state index contributed by atoms with van der Waals surface area (Å²) in [5.74, 6) is -0.0345. The van der Waals surface area contributed by atoms with Gasteiger partial charge < -0.3 is 15.7 Å². The van der Waals surface area contributed by atoms with Crippen LogP contribution in [0.1, 0.15) is 5.56 Å². The highest BCUT2D eigenvalue weighted by Crippen LogP contribution is 2.17. The summed E-state index contributed by atoms with van der Waals surface area (Å²) in [7, 11) is 3.41. The van der Waals surface area contributed by atoms with Gasteiger partial charge in [0.1, 0.15) is 0 Å². The minimum Gasteiger partial charge on any atom is -0.396 e. The van der Waals surface area contributed by atoms with Gasteiger partial charge in [0.25, 0.3) is 0 Å². The van der Waals surface area contributed by atoms with Crippen LogP contribution in [-0.2, 0) is 20.5 Å². The van der Waals surface area contributed by atoms with Gasteiger partial charge in [0.2, 0.25) is 0 Å². The molecule has 0 saturated carbocycles. The van der Waals surface area contributed by atoms with Crippen molar-refractivity contribution in [2.75, 3.05) is 18.5 Å². The third-order valence-corrected chi connectivity index (χ3v) is 5.18. The Bertz CT molecular complexity index is 959. The fourth-order valence-corrected chi connectivity index (χ4v) is 3.62. The van der Waals surface area contributed by atoms with Crippen molar-refractivity contribution in [3.05, 3.63) is 51.1 Å². The molecular formula is C18H22N4O3S. The predicted octanol–water partition coefficient (Wildman–Crippen LogP) is 1.91. The number of aliphatic hydroxyl groups is 1. The lowest BCUT2D eigenvalue weighted by molar-refractivity contribution is 0.218. The van der Waals surface area contributed by atoms with Crippen LogP contribution in [0.2, 0.25) is 0 Å². The van der Waals surface area contributed by atoms with Crippen molar-refractivity contribution in [1.82, 2.24) is 14.5 Å². The van der Waals surface area contributed by atoms with E-state index in [2.05, 4.69) is 10.6 Å². The van der Waals surface area contributed by atoms with Gasteiger partial charge in [0.15, 0.2) is 0 Å². The molecule has 3 N–H and O–H groups in total. The smallest absolute Gasteiger partial charge is 0.328 e. The molecule has 0 aliphatic rings. The van der Waals surface area contributed by atoms with Crippen LogP contribution in [0.25, 0.3) is 11.0 Å². The highest BCUT2D eigenvalue weighted by Gasteiger charge is 2.12. The van der Waals surface area contributed by atoms with Gasteiger partial charge in [-0.25, -0.2) is 9.59 Å². The number of rotatable bonds is 6. The van der Waals surface area contributed by atoms with Gasteiger partial charge >= 0.3 is 11.7 Å². The molecule has 1 unspecified atom stereocenters. The second-order valence-electron chi connectivity index (χ2n) is 6.32. The van der Waals surface area contributed by atoms with Gasteiger partial charge in [-0.1, -0.05) is 0 Å². The summed E-state index contributed by atoms with van der Waals surface area (Å²) >= 11 is 1.62. The van der Waals surface area contributed by atoms with Crippen LogP contribution in [0.4, 0.5) is 10.5 Å². The molecule has 0 spiro atoms. The van der Waals surface area contributed by atoms with E-state index in [4.69, 9.17) is 0 Å². The second kappa shape index (κ2) is 7.76. The van der Waals surface area contributed by atoms with Crippen LogP contribution in [0.5, 0.6) is 0 Å². The first-order valence-electron chi connectivity index (χ1n) is 8.32. The number of benzene rings is 1. The summed E-state index contributed by atoms with van der Waals surface area (Å²) in [4.78, 5) is 24.1. The molecule has 2 aromatic heterocycles. The van der Waals surface area contributed by atoms with Gasteiger partial charge in [-0.05, 0) is 47.0 Å². The number of amides is 2. The van der Waals surface area contributed by atoms with Gasteiger partial charge in [-0.15, -0.1) is 0 Å². The molecule has 1 atom stereocenters. The van der Waals surface area contributed by atoms with E-state index in [1.165, 1.54) is 0 Å². The summed E-state index contributed by atoms with van der Waals surface area (Å²) < 4.78 is 3.11. The number of carbonyl (C=O) groups is 1. The standard InChI is InChI=1S/C18H22N4O3S/c1-21-15-4-3-14(8-16(15)22(2)18(21)25)20-17(24)19-9-13(10-23)7-12-5-6-26-11-12/h3-6,8,11,13,23H,7,9-10H2,1-2H3,(H2,19,20,24). The van der Waals surface area contributed by atoms with Gasteiger partial charge in [-0.2, -0.15) is 11.3 Å². The van der Waals surface area contributed by atoms with Crippen LogP contribution in [-0.4, -0.2) is 33.4 Å². The molecule has 138 valence electrons. The first-order valence-corrected chi connectivity index (χ1v) is 9.26. The summed E-state index contributed by atoms with van der Waals surface area (Å²) in [5.41, 5.74) is 3.21. The Balaban J connectivity index is 1.61. The Morgan fingerprint density at radius 2 is 2.00 bits per heavy atom. The van der Waals surface area contributed by atoms with E-state index in [1.807, 2.05) is 16.8 Å². The first-order chi connectivity index (χ1) is 12.5. The average molecular weight is 374 g/mol. The molecular weight excluding hydrogens is 352 g/mol. The van der Waals surface area contributed by atoms with Crippen LogP contribution >= 0.6 is 11.3 Å².